The molecule has 2 aliphatic rings. The van der Waals surface area contributed by atoms with Gasteiger partial charge in [-0.1, -0.05) is 6.92 Å². The van der Waals surface area contributed by atoms with Crippen molar-refractivity contribution in [2.24, 2.45) is 11.8 Å². The second-order valence-corrected chi connectivity index (χ2v) is 5.99. The zero-order chi connectivity index (χ0) is 13.0. The van der Waals surface area contributed by atoms with Crippen molar-refractivity contribution in [3.63, 3.8) is 0 Å². The Hall–Kier alpha value is -0.610. The van der Waals surface area contributed by atoms with Gasteiger partial charge in [0, 0.05) is 19.7 Å². The fourth-order valence-corrected chi connectivity index (χ4v) is 2.95. The summed E-state index contributed by atoms with van der Waals surface area (Å²) in [5.74, 6) is 1.36. The molecule has 0 aliphatic carbocycles. The lowest BCUT2D eigenvalue weighted by molar-refractivity contribution is -0.134. The first kappa shape index (κ1) is 13.8. The minimum absolute atomic E-state index is 0.213. The smallest absolute Gasteiger partial charge is 0.236 e. The quantitative estimate of drug-likeness (QED) is 0.815. The second-order valence-electron chi connectivity index (χ2n) is 5.99. The maximum absolute atomic E-state index is 12.2. The molecule has 2 aliphatic heterocycles. The van der Waals surface area contributed by atoms with E-state index >= 15 is 0 Å². The number of piperidine rings is 2. The van der Waals surface area contributed by atoms with Crippen LogP contribution in [0.4, 0.5) is 0 Å². The van der Waals surface area contributed by atoms with Gasteiger partial charge in [-0.15, -0.1) is 0 Å². The Morgan fingerprint density at radius 1 is 1.22 bits per heavy atom. The zero-order valence-corrected chi connectivity index (χ0v) is 11.5. The molecule has 4 heteroatoms. The molecule has 0 aromatic heterocycles. The first-order valence-electron chi connectivity index (χ1n) is 7.30. The molecule has 1 amide bonds. The number of hydrogen-bond donors (Lipinski definition) is 1. The lowest BCUT2D eigenvalue weighted by Gasteiger charge is -2.35. The summed E-state index contributed by atoms with van der Waals surface area (Å²) >= 11 is 0. The summed E-state index contributed by atoms with van der Waals surface area (Å²) in [6, 6.07) is 0. The van der Waals surface area contributed by atoms with Gasteiger partial charge in [-0.3, -0.25) is 9.69 Å². The lowest BCUT2D eigenvalue weighted by atomic mass is 9.98. The minimum atomic E-state index is 0.213. The molecule has 1 N–H and O–H groups in total. The number of rotatable bonds is 3. The van der Waals surface area contributed by atoms with Gasteiger partial charge in [0.05, 0.1) is 6.54 Å². The van der Waals surface area contributed by atoms with Crippen LogP contribution in [0.5, 0.6) is 0 Å². The first-order chi connectivity index (χ1) is 8.69. The number of aliphatic hydroxyl groups is 1. The Morgan fingerprint density at radius 3 is 2.61 bits per heavy atom. The van der Waals surface area contributed by atoms with Gasteiger partial charge in [0.15, 0.2) is 0 Å². The van der Waals surface area contributed by atoms with Crippen LogP contribution in [-0.2, 0) is 4.79 Å². The molecule has 0 aromatic rings. The molecule has 1 unspecified atom stereocenters. The Balaban J connectivity index is 1.77. The van der Waals surface area contributed by atoms with Gasteiger partial charge >= 0.3 is 0 Å². The standard InChI is InChI=1S/C14H26N2O2/c1-12-4-7-15(8-5-12)10-14(18)16-6-2-3-13(9-16)11-17/h12-13,17H,2-11H2,1H3. The predicted molar refractivity (Wildman–Crippen MR) is 71.2 cm³/mol. The van der Waals surface area contributed by atoms with Crippen molar-refractivity contribution >= 4 is 5.91 Å². The van der Waals surface area contributed by atoms with Gasteiger partial charge in [-0.2, -0.15) is 0 Å². The van der Waals surface area contributed by atoms with E-state index in [4.69, 9.17) is 0 Å². The number of carbonyl (C=O) groups excluding carboxylic acids is 1. The van der Waals surface area contributed by atoms with Crippen molar-refractivity contribution in [1.82, 2.24) is 9.80 Å². The van der Waals surface area contributed by atoms with Crippen LogP contribution in [-0.4, -0.2) is 60.1 Å². The van der Waals surface area contributed by atoms with E-state index in [0.717, 1.165) is 44.9 Å². The molecular formula is C14H26N2O2. The predicted octanol–water partition coefficient (Wildman–Crippen LogP) is 0.949. The van der Waals surface area contributed by atoms with Crippen LogP contribution in [0.2, 0.25) is 0 Å². The molecule has 0 aromatic carbocycles. The van der Waals surface area contributed by atoms with Crippen LogP contribution >= 0.6 is 0 Å². The number of likely N-dealkylation sites (tertiary alicyclic amines) is 2. The maximum atomic E-state index is 12.2. The molecule has 0 radical (unpaired) electrons. The normalized spacial score (nSPS) is 27.4. The van der Waals surface area contributed by atoms with Gasteiger partial charge in [0.2, 0.25) is 5.91 Å². The Kier molecular flexibility index (Phi) is 5.01. The molecule has 0 bridgehead atoms. The number of carbonyl (C=O) groups is 1. The Labute approximate surface area is 110 Å². The topological polar surface area (TPSA) is 43.8 Å². The largest absolute Gasteiger partial charge is 0.396 e. The van der Waals surface area contributed by atoms with Crippen molar-refractivity contribution in [3.8, 4) is 0 Å². The van der Waals surface area contributed by atoms with Crippen LogP contribution in [0.25, 0.3) is 0 Å². The minimum Gasteiger partial charge on any atom is -0.396 e. The number of nitrogens with zero attached hydrogens (tertiary/aromatic N) is 2. The summed E-state index contributed by atoms with van der Waals surface area (Å²) in [5.41, 5.74) is 0. The lowest BCUT2D eigenvalue weighted by Crippen LogP contribution is -2.47. The fourth-order valence-electron chi connectivity index (χ4n) is 2.95. The summed E-state index contributed by atoms with van der Waals surface area (Å²) in [6.45, 7) is 6.82. The van der Waals surface area contributed by atoms with E-state index in [1.165, 1.54) is 12.8 Å². The van der Waals surface area contributed by atoms with Crippen LogP contribution in [0.3, 0.4) is 0 Å². The summed E-state index contributed by atoms with van der Waals surface area (Å²) in [5, 5.41) is 9.19. The summed E-state index contributed by atoms with van der Waals surface area (Å²) in [6.07, 6.45) is 4.52. The Morgan fingerprint density at radius 2 is 1.94 bits per heavy atom. The summed E-state index contributed by atoms with van der Waals surface area (Å²) in [4.78, 5) is 16.4. The highest BCUT2D eigenvalue weighted by atomic mass is 16.3. The molecule has 4 nitrogen and oxygen atoms in total. The molecule has 2 saturated heterocycles. The third-order valence-corrected chi connectivity index (χ3v) is 4.37. The third kappa shape index (κ3) is 3.69. The van der Waals surface area contributed by atoms with Crippen LogP contribution in [0.15, 0.2) is 0 Å². The number of hydrogen-bond acceptors (Lipinski definition) is 3. The molecule has 18 heavy (non-hydrogen) atoms. The van der Waals surface area contributed by atoms with Gasteiger partial charge < -0.3 is 10.0 Å². The van der Waals surface area contributed by atoms with Crippen molar-refractivity contribution in [2.75, 3.05) is 39.3 Å². The molecule has 2 rings (SSSR count). The third-order valence-electron chi connectivity index (χ3n) is 4.37. The highest BCUT2D eigenvalue weighted by Crippen LogP contribution is 2.18. The van der Waals surface area contributed by atoms with E-state index in [1.54, 1.807) is 0 Å². The molecule has 0 saturated carbocycles. The van der Waals surface area contributed by atoms with E-state index < -0.39 is 0 Å². The molecule has 1 atom stereocenters. The monoisotopic (exact) mass is 254 g/mol. The van der Waals surface area contributed by atoms with Crippen molar-refractivity contribution in [1.29, 1.82) is 0 Å². The van der Waals surface area contributed by atoms with Crippen LogP contribution in [0, 0.1) is 11.8 Å². The van der Waals surface area contributed by atoms with Gasteiger partial charge in [0.1, 0.15) is 0 Å². The molecule has 0 spiro atoms. The van der Waals surface area contributed by atoms with Crippen LogP contribution in [0.1, 0.15) is 32.6 Å². The zero-order valence-electron chi connectivity index (χ0n) is 11.5. The van der Waals surface area contributed by atoms with Crippen molar-refractivity contribution in [3.05, 3.63) is 0 Å². The maximum Gasteiger partial charge on any atom is 0.236 e. The summed E-state index contributed by atoms with van der Waals surface area (Å²) in [7, 11) is 0. The van der Waals surface area contributed by atoms with E-state index in [1.807, 2.05) is 4.90 Å². The number of aliphatic hydroxyl groups excluding tert-OH is 1. The highest BCUT2D eigenvalue weighted by molar-refractivity contribution is 5.78. The molecular weight excluding hydrogens is 228 g/mol. The van der Waals surface area contributed by atoms with Crippen molar-refractivity contribution in [2.45, 2.75) is 32.6 Å². The van der Waals surface area contributed by atoms with E-state index in [0.29, 0.717) is 12.5 Å². The molecule has 2 fully saturated rings. The molecule has 2 heterocycles. The summed E-state index contributed by atoms with van der Waals surface area (Å²) < 4.78 is 0. The Bertz CT molecular complexity index is 275. The SMILES string of the molecule is CC1CCN(CC(=O)N2CCCC(CO)C2)CC1. The number of amides is 1. The van der Waals surface area contributed by atoms with E-state index in [2.05, 4.69) is 11.8 Å². The van der Waals surface area contributed by atoms with Gasteiger partial charge in [0.25, 0.3) is 0 Å². The molecule has 104 valence electrons. The van der Waals surface area contributed by atoms with E-state index in [9.17, 15) is 9.90 Å². The first-order valence-corrected chi connectivity index (χ1v) is 7.30. The second kappa shape index (κ2) is 6.53. The average molecular weight is 254 g/mol. The van der Waals surface area contributed by atoms with Crippen molar-refractivity contribution < 1.29 is 9.90 Å². The average Bonchev–Trinajstić information content (AvgIpc) is 2.41. The highest BCUT2D eigenvalue weighted by Gasteiger charge is 2.25. The van der Waals surface area contributed by atoms with Gasteiger partial charge in [-0.25, -0.2) is 0 Å². The van der Waals surface area contributed by atoms with E-state index in [-0.39, 0.29) is 12.5 Å². The van der Waals surface area contributed by atoms with Crippen LogP contribution < -0.4 is 0 Å². The van der Waals surface area contributed by atoms with Gasteiger partial charge in [-0.05, 0) is 50.6 Å². The fraction of sp³-hybridized carbons (Fsp3) is 0.929.